The maximum atomic E-state index is 14.3. The van der Waals surface area contributed by atoms with Crippen LogP contribution in [0, 0.1) is 17.8 Å². The number of cyclic esters (lactones) is 1. The van der Waals surface area contributed by atoms with Crippen LogP contribution >= 0.6 is 7.26 Å². The third-order valence-corrected chi connectivity index (χ3v) is 26.3. The Morgan fingerprint density at radius 3 is 1.75 bits per heavy atom. The molecular formula is C57H107N2O9P. The zero-order valence-electron chi connectivity index (χ0n) is 45.8. The number of hydrogen-bond acceptors (Lipinski definition) is 10. The first-order valence-corrected chi connectivity index (χ1v) is 31.5. The number of aliphatic hydroxyl groups is 4. The van der Waals surface area contributed by atoms with E-state index in [-0.39, 0.29) is 49.3 Å². The SMILES string of the molecule is CC[C@H]1OC(=O)[C@H](C)C[C@H](C)[C@@H](O[C@@H]2O[C@H](C)C[C@H](N(C)C)[C@H]2O)[C@](C)(O)C[C@@H](C)CN(C(=O)CCCCCCCCCCCC[PH](C2CCCC2)(C2CCCC2)C2CCCC2)[C@H](C)[C@@H](O)[C@]1(C)O. The molecule has 0 unspecified atom stereocenters. The molecule has 5 aliphatic rings. The van der Waals surface area contributed by atoms with E-state index < -0.39 is 67.1 Å². The molecule has 2 heterocycles. The quantitative estimate of drug-likeness (QED) is 0.0528. The van der Waals surface area contributed by atoms with Gasteiger partial charge in [-0.1, -0.05) is 27.7 Å². The maximum Gasteiger partial charge on any atom is 0.126 e. The average molecular weight is 995 g/mol. The van der Waals surface area contributed by atoms with Crippen LogP contribution in [0.25, 0.3) is 0 Å². The van der Waals surface area contributed by atoms with Gasteiger partial charge in [-0.15, -0.1) is 0 Å². The van der Waals surface area contributed by atoms with Crippen LogP contribution in [-0.4, -0.2) is 146 Å². The van der Waals surface area contributed by atoms with E-state index >= 15 is 0 Å². The first kappa shape index (κ1) is 59.0. The molecule has 3 aliphatic carbocycles. The predicted octanol–water partition coefficient (Wildman–Crippen LogP) is 10.8. The second kappa shape index (κ2) is 27.6. The fraction of sp³-hybridized carbons (Fsp3) is 0.965. The van der Waals surface area contributed by atoms with E-state index in [4.69, 9.17) is 14.2 Å². The summed E-state index contributed by atoms with van der Waals surface area (Å²) in [5, 5.41) is 47.7. The number of rotatable bonds is 20. The van der Waals surface area contributed by atoms with Gasteiger partial charge in [0.15, 0.2) is 6.29 Å². The largest absolute Gasteiger partial charge is 0.388 e. The molecule has 69 heavy (non-hydrogen) atoms. The Morgan fingerprint density at radius 1 is 0.768 bits per heavy atom. The van der Waals surface area contributed by atoms with Gasteiger partial charge in [0.2, 0.25) is 5.91 Å². The van der Waals surface area contributed by atoms with Crippen molar-refractivity contribution < 1.29 is 44.2 Å². The van der Waals surface area contributed by atoms with Gasteiger partial charge in [0.25, 0.3) is 0 Å². The molecule has 3 saturated carbocycles. The van der Waals surface area contributed by atoms with Crippen LogP contribution in [0.5, 0.6) is 0 Å². The number of hydrogen-bond donors (Lipinski definition) is 4. The van der Waals surface area contributed by atoms with Gasteiger partial charge < -0.3 is 44.4 Å². The van der Waals surface area contributed by atoms with Crippen molar-refractivity contribution in [1.29, 1.82) is 0 Å². The van der Waals surface area contributed by atoms with Crippen molar-refractivity contribution in [3.63, 3.8) is 0 Å². The summed E-state index contributed by atoms with van der Waals surface area (Å²) in [5.41, 5.74) is 0.125. The molecule has 0 aromatic carbocycles. The Hall–Kier alpha value is -0.910. The minimum Gasteiger partial charge on any atom is -0.388 e. The number of unbranched alkanes of at least 4 members (excludes halogenated alkanes) is 9. The number of likely N-dealkylation sites (N-methyl/N-ethyl adjacent to an activating group) is 1. The number of ether oxygens (including phenoxy) is 3. The molecule has 1 amide bonds. The van der Waals surface area contributed by atoms with Crippen molar-refractivity contribution >= 4 is 19.1 Å². The second-order valence-corrected chi connectivity index (χ2v) is 30.0. The second-order valence-electron chi connectivity index (χ2n) is 24.8. The van der Waals surface area contributed by atoms with Crippen molar-refractivity contribution in [2.75, 3.05) is 26.8 Å². The molecule has 0 spiro atoms. The first-order chi connectivity index (χ1) is 32.7. The molecule has 11 nitrogen and oxygen atoms in total. The van der Waals surface area contributed by atoms with E-state index in [1.54, 1.807) is 70.4 Å². The minimum atomic E-state index is -1.84. The van der Waals surface area contributed by atoms with Crippen LogP contribution in [0.3, 0.4) is 0 Å². The third-order valence-electron chi connectivity index (χ3n) is 18.8. The molecule has 404 valence electrons. The molecule has 2 aliphatic heterocycles. The number of carbonyl (C=O) groups excluding carboxylic acids is 2. The molecule has 2 saturated heterocycles. The van der Waals surface area contributed by atoms with E-state index in [2.05, 4.69) is 0 Å². The Kier molecular flexibility index (Phi) is 23.6. The monoisotopic (exact) mass is 995 g/mol. The molecule has 0 aromatic rings. The van der Waals surface area contributed by atoms with Crippen LogP contribution < -0.4 is 0 Å². The molecule has 5 fully saturated rings. The fourth-order valence-electron chi connectivity index (χ4n) is 15.2. The Bertz CT molecular complexity index is 1470. The Labute approximate surface area is 422 Å². The Morgan fingerprint density at radius 2 is 1.26 bits per heavy atom. The molecule has 13 atom stereocenters. The molecule has 5 rings (SSSR count). The van der Waals surface area contributed by atoms with Gasteiger partial charge in [0, 0.05) is 12.6 Å². The van der Waals surface area contributed by atoms with Crippen molar-refractivity contribution in [3.8, 4) is 0 Å². The molecule has 0 radical (unpaired) electrons. The summed E-state index contributed by atoms with van der Waals surface area (Å²) in [6.45, 7) is 14.7. The van der Waals surface area contributed by atoms with Crippen LogP contribution in [0.15, 0.2) is 0 Å². The van der Waals surface area contributed by atoms with Crippen molar-refractivity contribution in [2.24, 2.45) is 17.8 Å². The van der Waals surface area contributed by atoms with Gasteiger partial charge in [-0.25, -0.2) is 0 Å². The van der Waals surface area contributed by atoms with Crippen LogP contribution in [0.1, 0.15) is 229 Å². The van der Waals surface area contributed by atoms with Crippen molar-refractivity contribution in [3.05, 3.63) is 0 Å². The zero-order chi connectivity index (χ0) is 50.5. The molecule has 0 aromatic heterocycles. The molecule has 0 bridgehead atoms. The van der Waals surface area contributed by atoms with E-state index in [0.717, 1.165) is 36.2 Å². The number of amides is 1. The summed E-state index contributed by atoms with van der Waals surface area (Å²) in [5.74, 6) is -1.88. The average Bonchev–Trinajstić information content (AvgIpc) is 4.14. The third kappa shape index (κ3) is 15.6. The van der Waals surface area contributed by atoms with E-state index in [9.17, 15) is 30.0 Å². The summed E-state index contributed by atoms with van der Waals surface area (Å²) in [4.78, 5) is 31.7. The summed E-state index contributed by atoms with van der Waals surface area (Å²) in [6.07, 6.45) is 28.5. The normalized spacial score (nSPS) is 37.0. The van der Waals surface area contributed by atoms with Gasteiger partial charge in [0.05, 0.1) is 29.8 Å². The summed E-state index contributed by atoms with van der Waals surface area (Å²) in [7, 11) is 2.56. The molecular weight excluding hydrogens is 888 g/mol. The van der Waals surface area contributed by atoms with E-state index in [1.807, 2.05) is 46.7 Å². The summed E-state index contributed by atoms with van der Waals surface area (Å²) >= 11 is 0. The standard InChI is InChI=1S/C57H107N2O9P/c1-11-49-57(8,65)52(62)44(6)59(39-40(2)38-56(7,64)53(41(3)36-42(4)54(63)67-49)68-55-51(61)48(58(9)10)37-43(5)66-55)50(60)34-20-18-16-14-12-13-15-17-19-27-35-69(45-28-21-22-29-45,46-30-23-24-31-46)47-32-25-26-33-47/h40-49,51-53,55,61-62,64-65,69H,11-39H2,1-10H3/t40-,41+,42-,43-,44-,48+,49-,51-,52-,53-,55+,56-,57-/m1/s1. The van der Waals surface area contributed by atoms with Gasteiger partial charge in [-0.05, 0) is 79.3 Å². The molecule has 4 N–H and O–H groups in total. The van der Waals surface area contributed by atoms with Crippen LogP contribution in [0.2, 0.25) is 0 Å². The van der Waals surface area contributed by atoms with Crippen molar-refractivity contribution in [2.45, 2.75) is 306 Å². The van der Waals surface area contributed by atoms with Crippen LogP contribution in [-0.2, 0) is 23.8 Å². The van der Waals surface area contributed by atoms with E-state index in [0.29, 0.717) is 19.3 Å². The van der Waals surface area contributed by atoms with Gasteiger partial charge in [-0.3, -0.25) is 9.59 Å². The zero-order valence-corrected chi connectivity index (χ0v) is 46.8. The smallest absolute Gasteiger partial charge is 0.126 e. The minimum absolute atomic E-state index is 0.101. The number of carbonyl (C=O) groups is 2. The topological polar surface area (TPSA) is 149 Å². The number of nitrogens with zero attached hydrogens (tertiary/aromatic N) is 2. The summed E-state index contributed by atoms with van der Waals surface area (Å²) < 4.78 is 18.8. The number of aliphatic hydroxyl groups excluding tert-OH is 2. The van der Waals surface area contributed by atoms with Gasteiger partial charge >= 0.3 is 184 Å². The predicted molar refractivity (Wildman–Crippen MR) is 283 cm³/mol. The Balaban J connectivity index is 1.15. The fourth-order valence-corrected chi connectivity index (χ4v) is 23.7. The van der Waals surface area contributed by atoms with Crippen LogP contribution in [0.4, 0.5) is 0 Å². The first-order valence-electron chi connectivity index (χ1n) is 29.0. The molecule has 12 heteroatoms. The number of esters is 1. The van der Waals surface area contributed by atoms with Gasteiger partial charge in [0.1, 0.15) is 23.9 Å². The summed E-state index contributed by atoms with van der Waals surface area (Å²) in [6, 6.07) is -1.01. The maximum absolute atomic E-state index is 14.3. The van der Waals surface area contributed by atoms with Gasteiger partial charge in [-0.2, -0.15) is 0 Å². The van der Waals surface area contributed by atoms with E-state index in [1.165, 1.54) is 90.4 Å². The van der Waals surface area contributed by atoms with Crippen molar-refractivity contribution in [1.82, 2.24) is 9.80 Å².